The van der Waals surface area contributed by atoms with E-state index in [1.54, 1.807) is 0 Å². The molecule has 0 saturated heterocycles. The molecule has 0 fully saturated rings. The van der Waals surface area contributed by atoms with E-state index in [0.29, 0.717) is 23.9 Å². The van der Waals surface area contributed by atoms with Gasteiger partial charge in [-0.1, -0.05) is 391 Å². The molecule has 0 aromatic carbocycles. The fraction of sp³-hybridized carbons (Fsp3) is 0.925. The van der Waals surface area contributed by atoms with Crippen molar-refractivity contribution >= 4 is 19.8 Å². The van der Waals surface area contributed by atoms with Crippen LogP contribution in [-0.4, -0.2) is 74.9 Å². The molecule has 0 aliphatic carbocycles. The number of hydrogen-bond acceptors (Lipinski definition) is 7. The van der Waals surface area contributed by atoms with Gasteiger partial charge in [-0.2, -0.15) is 0 Å². The fourth-order valence-corrected chi connectivity index (χ4v) is 13.1. The smallest absolute Gasteiger partial charge is 0.462 e. The van der Waals surface area contributed by atoms with Gasteiger partial charge in [-0.05, 0) is 44.9 Å². The number of quaternary nitrogens is 1. The summed E-state index contributed by atoms with van der Waals surface area (Å²) in [6, 6.07) is 0. The number of likely N-dealkylation sites (N-methyl/N-ethyl adjacent to an activating group) is 1. The van der Waals surface area contributed by atoms with Crippen LogP contribution in [0, 0.1) is 0 Å². The molecule has 1 N–H and O–H groups in total. The summed E-state index contributed by atoms with van der Waals surface area (Å²) in [4.78, 5) is 36.0. The quantitative estimate of drug-likeness (QED) is 0.0211. The van der Waals surface area contributed by atoms with Gasteiger partial charge in [0.15, 0.2) is 6.10 Å². The van der Waals surface area contributed by atoms with Crippen LogP contribution in [0.1, 0.15) is 425 Å². The SMILES string of the molecule is CCCCCCC/C=C\C/C=C\CCCCCCCCCCCCCCCCCCCCCC(=O)OC(COC(=O)CCCCCCCCCCCCCCCCCCCCCCCCCCCCCCCCCCCCC)COP(=O)(O)OCC[N+](C)(C)C. The van der Waals surface area contributed by atoms with Crippen LogP contribution in [0.3, 0.4) is 0 Å². The van der Waals surface area contributed by atoms with Crippen molar-refractivity contribution in [2.45, 2.75) is 431 Å². The van der Waals surface area contributed by atoms with Crippen molar-refractivity contribution in [3.05, 3.63) is 24.3 Å². The molecule has 0 radical (unpaired) electrons. The number of nitrogens with zero attached hydrogens (tertiary/aromatic N) is 1. The number of rotatable bonds is 76. The van der Waals surface area contributed by atoms with Crippen molar-refractivity contribution in [3.8, 4) is 0 Å². The molecule has 0 aromatic heterocycles. The Balaban J connectivity index is 3.90. The highest BCUT2D eigenvalue weighted by Crippen LogP contribution is 2.43. The first-order valence-corrected chi connectivity index (χ1v) is 41.6. The first kappa shape index (κ1) is 88.5. The molecule has 10 heteroatoms. The molecule has 0 heterocycles. The summed E-state index contributed by atoms with van der Waals surface area (Å²) in [5.74, 6) is -0.769. The average Bonchev–Trinajstić information content (AvgIpc) is 3.58. The Morgan fingerprint density at radius 3 is 0.878 bits per heavy atom. The highest BCUT2D eigenvalue weighted by molar-refractivity contribution is 7.47. The van der Waals surface area contributed by atoms with Crippen LogP contribution in [-0.2, 0) is 32.7 Å². The van der Waals surface area contributed by atoms with Crippen molar-refractivity contribution in [1.29, 1.82) is 0 Å². The molecule has 0 aliphatic rings. The number of phosphoric acid groups is 1. The summed E-state index contributed by atoms with van der Waals surface area (Å²) >= 11 is 0. The maximum absolute atomic E-state index is 12.9. The van der Waals surface area contributed by atoms with E-state index in [4.69, 9.17) is 18.5 Å². The predicted octanol–water partition coefficient (Wildman–Crippen LogP) is 26.4. The van der Waals surface area contributed by atoms with Crippen molar-refractivity contribution < 1.29 is 42.1 Å². The van der Waals surface area contributed by atoms with Crippen LogP contribution in [0.4, 0.5) is 0 Å². The molecule has 0 amide bonds. The fourth-order valence-electron chi connectivity index (χ4n) is 12.3. The lowest BCUT2D eigenvalue weighted by Gasteiger charge is -2.24. The standard InChI is InChI=1S/C80H156NO8P/c1-6-8-10-12-14-16-18-20-22-24-26-28-30-32-34-36-38-39-40-41-43-44-46-48-50-52-54-56-58-60-62-64-66-68-70-72-79(82)86-76-78(77-88-90(84,85)87-75-74-81(3,4)5)89-80(83)73-71-69-67-65-63-61-59-57-55-53-51-49-47-45-42-37-35-33-31-29-27-25-23-21-19-17-15-13-11-9-7-2/h19,21,25,27,78H,6-18,20,22-24,26,28-77H2,1-5H3/p+1/b21-19-,27-25-. The molecule has 0 aliphatic heterocycles. The summed E-state index contributed by atoms with van der Waals surface area (Å²) in [6.45, 7) is 4.52. The molecule has 0 rings (SSSR count). The predicted molar refractivity (Wildman–Crippen MR) is 391 cm³/mol. The van der Waals surface area contributed by atoms with Crippen LogP contribution in [0.15, 0.2) is 24.3 Å². The third kappa shape index (κ3) is 75.5. The van der Waals surface area contributed by atoms with Gasteiger partial charge in [0.25, 0.3) is 0 Å². The molecule has 0 aromatic rings. The van der Waals surface area contributed by atoms with E-state index >= 15 is 0 Å². The summed E-state index contributed by atoms with van der Waals surface area (Å²) in [6.07, 6.45) is 91.9. The first-order chi connectivity index (χ1) is 44.0. The van der Waals surface area contributed by atoms with Crippen molar-refractivity contribution in [2.24, 2.45) is 0 Å². The highest BCUT2D eigenvalue weighted by atomic mass is 31.2. The molecular formula is C80H157NO8P+. The zero-order valence-electron chi connectivity index (χ0n) is 61.2. The van der Waals surface area contributed by atoms with E-state index < -0.39 is 26.5 Å². The van der Waals surface area contributed by atoms with Gasteiger partial charge in [-0.15, -0.1) is 0 Å². The average molecular weight is 1290 g/mol. The highest BCUT2D eigenvalue weighted by Gasteiger charge is 2.27. The molecule has 534 valence electrons. The number of carbonyl (C=O) groups excluding carboxylic acids is 2. The Labute approximate surface area is 561 Å². The second-order valence-corrected chi connectivity index (χ2v) is 30.3. The van der Waals surface area contributed by atoms with Gasteiger partial charge in [0.2, 0.25) is 0 Å². The number of allylic oxidation sites excluding steroid dienone is 4. The molecule has 90 heavy (non-hydrogen) atoms. The van der Waals surface area contributed by atoms with Crippen LogP contribution < -0.4 is 0 Å². The Morgan fingerprint density at radius 2 is 0.600 bits per heavy atom. The number of phosphoric ester groups is 1. The molecule has 0 spiro atoms. The monoisotopic (exact) mass is 1290 g/mol. The van der Waals surface area contributed by atoms with E-state index in [1.807, 2.05) is 21.1 Å². The van der Waals surface area contributed by atoms with Gasteiger partial charge in [0.05, 0.1) is 27.7 Å². The maximum atomic E-state index is 12.9. The Hall–Kier alpha value is -1.51. The van der Waals surface area contributed by atoms with Gasteiger partial charge in [0, 0.05) is 12.8 Å². The Bertz CT molecular complexity index is 1560. The number of ether oxygens (including phenoxy) is 2. The second-order valence-electron chi connectivity index (χ2n) is 28.8. The van der Waals surface area contributed by atoms with Crippen LogP contribution in [0.5, 0.6) is 0 Å². The van der Waals surface area contributed by atoms with E-state index in [1.165, 1.54) is 353 Å². The van der Waals surface area contributed by atoms with Gasteiger partial charge in [0.1, 0.15) is 19.8 Å². The molecule has 9 nitrogen and oxygen atoms in total. The minimum absolute atomic E-state index is 0.0359. The number of hydrogen-bond donors (Lipinski definition) is 1. The Kier molecular flexibility index (Phi) is 70.6. The van der Waals surface area contributed by atoms with Gasteiger partial charge >= 0.3 is 19.8 Å². The number of esters is 2. The third-order valence-electron chi connectivity index (χ3n) is 18.5. The lowest BCUT2D eigenvalue weighted by Crippen LogP contribution is -2.37. The van der Waals surface area contributed by atoms with E-state index in [9.17, 15) is 19.0 Å². The topological polar surface area (TPSA) is 108 Å². The summed E-state index contributed by atoms with van der Waals surface area (Å²) in [5, 5.41) is 0. The summed E-state index contributed by atoms with van der Waals surface area (Å²) in [5.41, 5.74) is 0. The third-order valence-corrected chi connectivity index (χ3v) is 19.5. The van der Waals surface area contributed by atoms with E-state index in [0.717, 1.165) is 38.5 Å². The number of carbonyl (C=O) groups is 2. The van der Waals surface area contributed by atoms with Crippen molar-refractivity contribution in [2.75, 3.05) is 47.5 Å². The van der Waals surface area contributed by atoms with E-state index in [-0.39, 0.29) is 25.6 Å². The zero-order valence-corrected chi connectivity index (χ0v) is 62.1. The first-order valence-electron chi connectivity index (χ1n) is 40.1. The van der Waals surface area contributed by atoms with Gasteiger partial charge < -0.3 is 18.9 Å². The molecular weight excluding hydrogens is 1130 g/mol. The molecule has 0 bridgehead atoms. The van der Waals surface area contributed by atoms with Crippen molar-refractivity contribution in [1.82, 2.24) is 0 Å². The Morgan fingerprint density at radius 1 is 0.344 bits per heavy atom. The minimum Gasteiger partial charge on any atom is -0.462 e. The van der Waals surface area contributed by atoms with Gasteiger partial charge in [-0.3, -0.25) is 18.6 Å². The lowest BCUT2D eigenvalue weighted by molar-refractivity contribution is -0.870. The minimum atomic E-state index is -4.39. The second kappa shape index (κ2) is 71.8. The van der Waals surface area contributed by atoms with Crippen LogP contribution >= 0.6 is 7.82 Å². The van der Waals surface area contributed by atoms with Crippen LogP contribution in [0.25, 0.3) is 0 Å². The largest absolute Gasteiger partial charge is 0.472 e. The van der Waals surface area contributed by atoms with E-state index in [2.05, 4.69) is 38.2 Å². The maximum Gasteiger partial charge on any atom is 0.472 e. The molecule has 2 unspecified atom stereocenters. The van der Waals surface area contributed by atoms with Gasteiger partial charge in [-0.25, -0.2) is 4.57 Å². The molecule has 0 saturated carbocycles. The normalized spacial score (nSPS) is 13.1. The lowest BCUT2D eigenvalue weighted by atomic mass is 10.0. The zero-order chi connectivity index (χ0) is 65.5. The summed E-state index contributed by atoms with van der Waals surface area (Å²) < 4.78 is 34.8. The summed E-state index contributed by atoms with van der Waals surface area (Å²) in [7, 11) is 1.50. The number of unbranched alkanes of at least 4 members (excludes halogenated alkanes) is 58. The molecule has 2 atom stereocenters. The van der Waals surface area contributed by atoms with Crippen LogP contribution in [0.2, 0.25) is 0 Å². The van der Waals surface area contributed by atoms with Crippen molar-refractivity contribution in [3.63, 3.8) is 0 Å².